The van der Waals surface area contributed by atoms with Gasteiger partial charge in [0.25, 0.3) is 5.91 Å². The number of benzene rings is 2. The maximum Gasteiger partial charge on any atom is 0.337 e. The van der Waals surface area contributed by atoms with Gasteiger partial charge in [0.05, 0.1) is 18.4 Å². The van der Waals surface area contributed by atoms with Gasteiger partial charge in [0.1, 0.15) is 5.75 Å². The van der Waals surface area contributed by atoms with Crippen molar-refractivity contribution in [1.82, 2.24) is 4.90 Å². The number of rotatable bonds is 6. The second kappa shape index (κ2) is 10.0. The Morgan fingerprint density at radius 1 is 0.969 bits per heavy atom. The van der Waals surface area contributed by atoms with Crippen molar-refractivity contribution < 1.29 is 19.4 Å². The monoisotopic (exact) mass is 437 g/mol. The molecule has 1 heterocycles. The number of carbonyl (C=O) groups excluding carboxylic acids is 1. The van der Waals surface area contributed by atoms with Crippen molar-refractivity contribution >= 4 is 23.3 Å². The Morgan fingerprint density at radius 2 is 1.66 bits per heavy atom. The number of piperazine rings is 1. The first-order valence-electron chi connectivity index (χ1n) is 11.4. The molecule has 32 heavy (non-hydrogen) atoms. The number of aromatic carboxylic acids is 1. The molecule has 4 rings (SSSR count). The van der Waals surface area contributed by atoms with Gasteiger partial charge in [-0.2, -0.15) is 0 Å². The highest BCUT2D eigenvalue weighted by Crippen LogP contribution is 2.28. The van der Waals surface area contributed by atoms with Crippen LogP contribution in [-0.2, 0) is 0 Å². The first kappa shape index (κ1) is 22.1. The molecule has 1 saturated carbocycles. The fourth-order valence-corrected chi connectivity index (χ4v) is 4.74. The molecule has 7 heteroatoms. The van der Waals surface area contributed by atoms with Crippen molar-refractivity contribution in [3.8, 4) is 5.75 Å². The van der Waals surface area contributed by atoms with Crippen molar-refractivity contribution in [2.45, 2.75) is 38.1 Å². The summed E-state index contributed by atoms with van der Waals surface area (Å²) in [6, 6.07) is 12.6. The smallest absolute Gasteiger partial charge is 0.337 e. The maximum atomic E-state index is 12.6. The molecule has 0 atom stereocenters. The third-order valence-corrected chi connectivity index (χ3v) is 6.60. The molecule has 1 amide bonds. The summed E-state index contributed by atoms with van der Waals surface area (Å²) in [5, 5.41) is 12.5. The van der Waals surface area contributed by atoms with E-state index in [1.807, 2.05) is 6.07 Å². The van der Waals surface area contributed by atoms with Crippen LogP contribution in [0, 0.1) is 0 Å². The lowest BCUT2D eigenvalue weighted by Gasteiger charge is -2.41. The van der Waals surface area contributed by atoms with Gasteiger partial charge in [0.15, 0.2) is 0 Å². The number of nitrogens with zero attached hydrogens (tertiary/aromatic N) is 2. The van der Waals surface area contributed by atoms with E-state index in [-0.39, 0.29) is 11.5 Å². The Labute approximate surface area is 189 Å². The first-order chi connectivity index (χ1) is 15.5. The van der Waals surface area contributed by atoms with Gasteiger partial charge >= 0.3 is 5.97 Å². The summed E-state index contributed by atoms with van der Waals surface area (Å²) in [7, 11) is 1.56. The number of amides is 1. The van der Waals surface area contributed by atoms with E-state index in [4.69, 9.17) is 4.74 Å². The van der Waals surface area contributed by atoms with Crippen LogP contribution in [-0.4, -0.2) is 61.2 Å². The Hall–Kier alpha value is -3.06. The summed E-state index contributed by atoms with van der Waals surface area (Å²) in [4.78, 5) is 29.4. The minimum atomic E-state index is -1.06. The molecule has 0 aromatic heterocycles. The van der Waals surface area contributed by atoms with Crippen LogP contribution in [0.15, 0.2) is 42.5 Å². The number of anilines is 2. The summed E-state index contributed by atoms with van der Waals surface area (Å²) in [6.07, 6.45) is 6.61. The second-order valence-electron chi connectivity index (χ2n) is 8.53. The van der Waals surface area contributed by atoms with Crippen LogP contribution in [0.25, 0.3) is 0 Å². The lowest BCUT2D eigenvalue weighted by atomic mass is 9.94. The zero-order valence-corrected chi connectivity index (χ0v) is 18.5. The Kier molecular flexibility index (Phi) is 6.95. The molecular formula is C25H31N3O4. The summed E-state index contributed by atoms with van der Waals surface area (Å²) in [6.45, 7) is 3.77. The van der Waals surface area contributed by atoms with Crippen LogP contribution in [0.1, 0.15) is 52.8 Å². The van der Waals surface area contributed by atoms with Gasteiger partial charge in [-0.05, 0) is 55.3 Å². The van der Waals surface area contributed by atoms with Crippen molar-refractivity contribution in [2.75, 3.05) is 43.5 Å². The van der Waals surface area contributed by atoms with E-state index in [9.17, 15) is 14.7 Å². The van der Waals surface area contributed by atoms with Crippen LogP contribution < -0.4 is 15.0 Å². The average molecular weight is 438 g/mol. The summed E-state index contributed by atoms with van der Waals surface area (Å²) in [5.74, 6) is -0.762. The Bertz CT molecular complexity index is 946. The highest BCUT2D eigenvalue weighted by atomic mass is 16.5. The minimum absolute atomic E-state index is 0.0964. The third kappa shape index (κ3) is 5.05. The van der Waals surface area contributed by atoms with E-state index in [0.29, 0.717) is 23.0 Å². The Balaban J connectivity index is 1.43. The number of carboxylic acid groups (broad SMARTS) is 1. The quantitative estimate of drug-likeness (QED) is 0.708. The molecule has 1 aliphatic carbocycles. The zero-order valence-electron chi connectivity index (χ0n) is 18.5. The van der Waals surface area contributed by atoms with Gasteiger partial charge in [0, 0.05) is 43.5 Å². The number of carbonyl (C=O) groups is 2. The van der Waals surface area contributed by atoms with Gasteiger partial charge in [-0.15, -0.1) is 0 Å². The molecule has 2 N–H and O–H groups in total. The summed E-state index contributed by atoms with van der Waals surface area (Å²) < 4.78 is 5.11. The largest absolute Gasteiger partial charge is 0.497 e. The molecule has 0 spiro atoms. The van der Waals surface area contributed by atoms with Crippen molar-refractivity contribution in [1.29, 1.82) is 0 Å². The molecular weight excluding hydrogens is 406 g/mol. The predicted molar refractivity (Wildman–Crippen MR) is 125 cm³/mol. The maximum absolute atomic E-state index is 12.6. The van der Waals surface area contributed by atoms with Crippen LogP contribution in [0.5, 0.6) is 5.75 Å². The number of hydrogen-bond donors (Lipinski definition) is 2. The van der Waals surface area contributed by atoms with Crippen LogP contribution in [0.4, 0.5) is 11.4 Å². The number of nitrogens with one attached hydrogen (secondary N) is 1. The third-order valence-electron chi connectivity index (χ3n) is 6.60. The van der Waals surface area contributed by atoms with E-state index in [1.54, 1.807) is 43.5 Å². The van der Waals surface area contributed by atoms with E-state index in [0.717, 1.165) is 31.9 Å². The molecule has 1 aliphatic heterocycles. The van der Waals surface area contributed by atoms with Gasteiger partial charge in [-0.1, -0.05) is 19.3 Å². The lowest BCUT2D eigenvalue weighted by molar-refractivity contribution is 0.0698. The van der Waals surface area contributed by atoms with Crippen LogP contribution >= 0.6 is 0 Å². The van der Waals surface area contributed by atoms with Crippen molar-refractivity contribution in [2.24, 2.45) is 0 Å². The molecule has 0 unspecified atom stereocenters. The Morgan fingerprint density at radius 3 is 2.28 bits per heavy atom. The van der Waals surface area contributed by atoms with E-state index in [2.05, 4.69) is 15.1 Å². The average Bonchev–Trinajstić information content (AvgIpc) is 2.85. The van der Waals surface area contributed by atoms with Crippen molar-refractivity contribution in [3.63, 3.8) is 0 Å². The lowest BCUT2D eigenvalue weighted by Crippen LogP contribution is -2.50. The standard InChI is InChI=1S/C25H31N3O4/c1-32-21-10-7-18(8-11-21)24(29)26-23-12-9-20(17-22(23)25(30)31)28-15-13-27(14-16-28)19-5-3-2-4-6-19/h7-12,17,19H,2-6,13-16H2,1H3,(H,26,29)(H,30,31). The SMILES string of the molecule is COc1ccc(C(=O)Nc2ccc(N3CCN(C4CCCCC4)CC3)cc2C(=O)O)cc1. The highest BCUT2D eigenvalue weighted by molar-refractivity contribution is 6.08. The summed E-state index contributed by atoms with van der Waals surface area (Å²) >= 11 is 0. The molecule has 7 nitrogen and oxygen atoms in total. The molecule has 2 fully saturated rings. The fourth-order valence-electron chi connectivity index (χ4n) is 4.74. The fraction of sp³-hybridized carbons (Fsp3) is 0.440. The number of hydrogen-bond acceptors (Lipinski definition) is 5. The van der Waals surface area contributed by atoms with E-state index in [1.165, 1.54) is 32.1 Å². The molecule has 2 aromatic carbocycles. The summed E-state index contributed by atoms with van der Waals surface area (Å²) in [5.41, 5.74) is 1.71. The van der Waals surface area contributed by atoms with Gasteiger partial charge in [0.2, 0.25) is 0 Å². The van der Waals surface area contributed by atoms with Gasteiger partial charge < -0.3 is 20.1 Å². The predicted octanol–water partition coefficient (Wildman–Crippen LogP) is 4.10. The van der Waals surface area contributed by atoms with Crippen LogP contribution in [0.3, 0.4) is 0 Å². The van der Waals surface area contributed by atoms with Crippen molar-refractivity contribution in [3.05, 3.63) is 53.6 Å². The van der Waals surface area contributed by atoms with Crippen LogP contribution in [0.2, 0.25) is 0 Å². The number of carboxylic acids is 1. The second-order valence-corrected chi connectivity index (χ2v) is 8.53. The highest BCUT2D eigenvalue weighted by Gasteiger charge is 2.26. The first-order valence-corrected chi connectivity index (χ1v) is 11.4. The molecule has 2 aromatic rings. The van der Waals surface area contributed by atoms with E-state index < -0.39 is 5.97 Å². The van der Waals surface area contributed by atoms with E-state index >= 15 is 0 Å². The number of methoxy groups -OCH3 is 1. The normalized spacial score (nSPS) is 17.7. The topological polar surface area (TPSA) is 82.1 Å². The van der Waals surface area contributed by atoms with Gasteiger partial charge in [-0.3, -0.25) is 9.69 Å². The zero-order chi connectivity index (χ0) is 22.5. The molecule has 1 saturated heterocycles. The molecule has 170 valence electrons. The molecule has 0 bridgehead atoms. The molecule has 0 radical (unpaired) electrons. The molecule has 2 aliphatic rings. The minimum Gasteiger partial charge on any atom is -0.497 e. The number of ether oxygens (including phenoxy) is 1. The van der Waals surface area contributed by atoms with Gasteiger partial charge in [-0.25, -0.2) is 4.79 Å².